The van der Waals surface area contributed by atoms with Crippen LogP contribution in [-0.4, -0.2) is 26.8 Å². The fraction of sp³-hybridized carbons (Fsp3) is 0.618. The number of ketones is 1. The predicted molar refractivity (Wildman–Crippen MR) is 158 cm³/mol. The van der Waals surface area contributed by atoms with Crippen molar-refractivity contribution in [3.63, 3.8) is 0 Å². The summed E-state index contributed by atoms with van der Waals surface area (Å²) in [4.78, 5) is 35.1. The first-order valence-corrected chi connectivity index (χ1v) is 15.9. The Balaban J connectivity index is 1.13. The van der Waals surface area contributed by atoms with Crippen LogP contribution in [0.15, 0.2) is 36.0 Å². The second kappa shape index (κ2) is 11.5. The van der Waals surface area contributed by atoms with Crippen LogP contribution >= 0.6 is 0 Å². The van der Waals surface area contributed by atoms with Gasteiger partial charge in [-0.1, -0.05) is 82.6 Å². The Morgan fingerprint density at radius 3 is 2.27 bits per heavy atom. The number of unbranched alkanes of at least 4 members (excludes halogenated alkanes) is 7. The smallest absolute Gasteiger partial charge is 0.265 e. The number of carbonyl (C=O) groups is 2. The van der Waals surface area contributed by atoms with Gasteiger partial charge in [-0.3, -0.25) is 14.9 Å². The third-order valence-electron chi connectivity index (χ3n) is 10.4. The van der Waals surface area contributed by atoms with Crippen molar-refractivity contribution in [1.82, 2.24) is 9.97 Å². The molecule has 1 unspecified atom stereocenters. The number of anilines is 1. The van der Waals surface area contributed by atoms with Crippen molar-refractivity contribution in [3.05, 3.63) is 52.9 Å². The van der Waals surface area contributed by atoms with Crippen LogP contribution in [0.5, 0.6) is 0 Å². The molecule has 214 valence electrons. The quantitative estimate of drug-likeness (QED) is 0.187. The van der Waals surface area contributed by atoms with Crippen molar-refractivity contribution in [2.24, 2.45) is 17.8 Å². The number of hydrogen-bond donors (Lipinski definition) is 3. The third-order valence-corrected chi connectivity index (χ3v) is 10.4. The molecule has 0 radical (unpaired) electrons. The number of aliphatic hydroxyl groups is 1. The van der Waals surface area contributed by atoms with Gasteiger partial charge < -0.3 is 10.1 Å². The summed E-state index contributed by atoms with van der Waals surface area (Å²) in [6, 6.07) is 7.47. The van der Waals surface area contributed by atoms with E-state index in [9.17, 15) is 14.7 Å². The number of benzene rings is 1. The SMILES string of the molecule is CCCCCCCCCCC1C(=O)C(C(=O)Nc2ncc(C34CC5CC(CC(C5)C3)C4)[nH]2)=C(O)c2ccccc21. The average Bonchev–Trinajstić information content (AvgIpc) is 3.40. The average molecular weight is 544 g/mol. The summed E-state index contributed by atoms with van der Waals surface area (Å²) in [5, 5.41) is 13.9. The lowest BCUT2D eigenvalue weighted by molar-refractivity contribution is -0.121. The normalized spacial score (nSPS) is 28.7. The Morgan fingerprint density at radius 2 is 1.60 bits per heavy atom. The molecular weight excluding hydrogens is 498 g/mol. The molecule has 4 saturated carbocycles. The number of aliphatic hydroxyl groups excluding tert-OH is 1. The van der Waals surface area contributed by atoms with Crippen LogP contribution in [0.3, 0.4) is 0 Å². The van der Waals surface area contributed by atoms with E-state index in [-0.39, 0.29) is 22.5 Å². The lowest BCUT2D eigenvalue weighted by Crippen LogP contribution is -2.48. The Hall–Kier alpha value is -2.89. The number of Topliss-reactive ketones (excluding diaryl/α,β-unsaturated/α-hetero) is 1. The van der Waals surface area contributed by atoms with Crippen LogP contribution in [0.25, 0.3) is 5.76 Å². The topological polar surface area (TPSA) is 95.1 Å². The number of nitrogens with one attached hydrogen (secondary N) is 2. The van der Waals surface area contributed by atoms with Crippen molar-refractivity contribution in [1.29, 1.82) is 0 Å². The number of aromatic nitrogens is 2. The lowest BCUT2D eigenvalue weighted by atomic mass is 9.49. The summed E-state index contributed by atoms with van der Waals surface area (Å²) in [6.07, 6.45) is 19.8. The molecule has 1 amide bonds. The first-order chi connectivity index (χ1) is 19.5. The number of carbonyl (C=O) groups excluding carboxylic acids is 2. The van der Waals surface area contributed by atoms with Crippen LogP contribution < -0.4 is 5.32 Å². The van der Waals surface area contributed by atoms with Gasteiger partial charge >= 0.3 is 0 Å². The molecule has 1 aromatic carbocycles. The molecule has 0 spiro atoms. The Morgan fingerprint density at radius 1 is 0.975 bits per heavy atom. The molecule has 7 rings (SSSR count). The second-order valence-electron chi connectivity index (χ2n) is 13.3. The number of hydrogen-bond acceptors (Lipinski definition) is 4. The zero-order chi connectivity index (χ0) is 27.7. The molecule has 1 atom stereocenters. The highest BCUT2D eigenvalue weighted by Crippen LogP contribution is 2.60. The molecule has 40 heavy (non-hydrogen) atoms. The fourth-order valence-corrected chi connectivity index (χ4v) is 8.84. The van der Waals surface area contributed by atoms with Crippen LogP contribution in [0, 0.1) is 17.8 Å². The number of nitrogens with zero attached hydrogens (tertiary/aromatic N) is 1. The van der Waals surface area contributed by atoms with Crippen LogP contribution in [0.1, 0.15) is 126 Å². The predicted octanol–water partition coefficient (Wildman–Crippen LogP) is 7.98. The summed E-state index contributed by atoms with van der Waals surface area (Å²) >= 11 is 0. The van der Waals surface area contributed by atoms with E-state index in [0.29, 0.717) is 17.9 Å². The molecule has 4 bridgehead atoms. The lowest BCUT2D eigenvalue weighted by Gasteiger charge is -2.56. The molecule has 0 aliphatic heterocycles. The van der Waals surface area contributed by atoms with E-state index >= 15 is 0 Å². The van der Waals surface area contributed by atoms with E-state index in [1.165, 1.54) is 77.0 Å². The minimum Gasteiger partial charge on any atom is -0.506 e. The summed E-state index contributed by atoms with van der Waals surface area (Å²) in [6.45, 7) is 2.23. The Kier molecular flexibility index (Phi) is 7.87. The van der Waals surface area contributed by atoms with Gasteiger partial charge in [0.15, 0.2) is 5.78 Å². The number of H-pyrrole nitrogens is 1. The molecule has 3 N–H and O–H groups in total. The molecule has 1 heterocycles. The minimum absolute atomic E-state index is 0.143. The van der Waals surface area contributed by atoms with Crippen molar-refractivity contribution < 1.29 is 14.7 Å². The molecule has 4 fully saturated rings. The summed E-state index contributed by atoms with van der Waals surface area (Å²) in [5.41, 5.74) is 2.54. The molecule has 1 aromatic heterocycles. The van der Waals surface area contributed by atoms with Crippen molar-refractivity contribution >= 4 is 23.4 Å². The van der Waals surface area contributed by atoms with E-state index < -0.39 is 11.8 Å². The first kappa shape index (κ1) is 27.3. The largest absolute Gasteiger partial charge is 0.506 e. The monoisotopic (exact) mass is 543 g/mol. The highest BCUT2D eigenvalue weighted by atomic mass is 16.3. The van der Waals surface area contributed by atoms with Crippen LogP contribution in [0.2, 0.25) is 0 Å². The zero-order valence-corrected chi connectivity index (χ0v) is 24.0. The number of imidazole rings is 1. The fourth-order valence-electron chi connectivity index (χ4n) is 8.84. The standard InChI is InChI=1S/C34H45N3O3/c1-2-3-4-5-6-7-8-9-13-26-25-12-10-11-14-27(25)31(39)29(30(26)38)32(40)37-33-35-21-28(36-33)34-18-22-15-23(19-34)17-24(16-22)20-34/h10-12,14,21-24,26,39H,2-9,13,15-20H2,1H3,(H2,35,36,37,40). The molecular formula is C34H45N3O3. The maximum atomic E-state index is 13.7. The maximum absolute atomic E-state index is 13.7. The number of fused-ring (bicyclic) bond motifs is 1. The molecule has 6 nitrogen and oxygen atoms in total. The second-order valence-corrected chi connectivity index (χ2v) is 13.3. The van der Waals surface area contributed by atoms with Gasteiger partial charge in [0, 0.05) is 22.6 Å². The first-order valence-electron chi connectivity index (χ1n) is 15.9. The van der Waals surface area contributed by atoms with Gasteiger partial charge in [-0.05, 0) is 68.3 Å². The minimum atomic E-state index is -0.579. The van der Waals surface area contributed by atoms with Crippen molar-refractivity contribution in [3.8, 4) is 0 Å². The number of amides is 1. The van der Waals surface area contributed by atoms with Crippen molar-refractivity contribution in [2.45, 2.75) is 115 Å². The zero-order valence-electron chi connectivity index (χ0n) is 24.0. The van der Waals surface area contributed by atoms with E-state index in [4.69, 9.17) is 0 Å². The maximum Gasteiger partial charge on any atom is 0.265 e. The van der Waals surface area contributed by atoms with Crippen molar-refractivity contribution in [2.75, 3.05) is 5.32 Å². The van der Waals surface area contributed by atoms with E-state index in [1.54, 1.807) is 0 Å². The van der Waals surface area contributed by atoms with Crippen LogP contribution in [-0.2, 0) is 15.0 Å². The van der Waals surface area contributed by atoms with Crippen LogP contribution in [0.4, 0.5) is 5.95 Å². The number of aromatic amines is 1. The van der Waals surface area contributed by atoms with Gasteiger partial charge in [0.25, 0.3) is 5.91 Å². The van der Waals surface area contributed by atoms with E-state index in [1.807, 2.05) is 30.5 Å². The van der Waals surface area contributed by atoms with Gasteiger partial charge in [-0.15, -0.1) is 0 Å². The molecule has 5 aliphatic rings. The van der Waals surface area contributed by atoms with Gasteiger partial charge in [0.2, 0.25) is 5.95 Å². The third kappa shape index (κ3) is 5.26. The molecule has 0 saturated heterocycles. The molecule has 5 aliphatic carbocycles. The Labute approximate surface area is 238 Å². The summed E-state index contributed by atoms with van der Waals surface area (Å²) in [5.74, 6) is 1.30. The molecule has 2 aromatic rings. The number of rotatable bonds is 12. The summed E-state index contributed by atoms with van der Waals surface area (Å²) < 4.78 is 0. The van der Waals surface area contributed by atoms with Gasteiger partial charge in [0.1, 0.15) is 11.3 Å². The Bertz CT molecular complexity index is 1240. The summed E-state index contributed by atoms with van der Waals surface area (Å²) in [7, 11) is 0. The highest BCUT2D eigenvalue weighted by molar-refractivity contribution is 6.30. The highest BCUT2D eigenvalue weighted by Gasteiger charge is 2.52. The van der Waals surface area contributed by atoms with E-state index in [2.05, 4.69) is 22.2 Å². The van der Waals surface area contributed by atoms with Gasteiger partial charge in [-0.2, -0.15) is 0 Å². The molecule has 6 heteroatoms. The van der Waals surface area contributed by atoms with Gasteiger partial charge in [-0.25, -0.2) is 4.98 Å². The van der Waals surface area contributed by atoms with Gasteiger partial charge in [0.05, 0.1) is 6.20 Å². The van der Waals surface area contributed by atoms with E-state index in [0.717, 1.165) is 41.9 Å².